The number of aliphatic imine (C=N–C) groups is 1. The second-order valence-electron chi connectivity index (χ2n) is 6.94. The number of hydrogen-bond donors (Lipinski definition) is 0. The van der Waals surface area contributed by atoms with E-state index in [0.717, 1.165) is 12.1 Å². The molecule has 0 radical (unpaired) electrons. The van der Waals surface area contributed by atoms with E-state index < -0.39 is 15.9 Å². The van der Waals surface area contributed by atoms with Gasteiger partial charge in [0.05, 0.1) is 17.5 Å². The highest BCUT2D eigenvalue weighted by Gasteiger charge is 2.49. The van der Waals surface area contributed by atoms with Gasteiger partial charge < -0.3 is 19.1 Å². The van der Waals surface area contributed by atoms with Crippen LogP contribution in [0.2, 0.25) is 0 Å². The summed E-state index contributed by atoms with van der Waals surface area (Å²) in [6, 6.07) is 5.19. The molecule has 4 aliphatic rings. The predicted molar refractivity (Wildman–Crippen MR) is 100 cm³/mol. The van der Waals surface area contributed by atoms with Crippen LogP contribution in [0.5, 0.6) is 11.5 Å². The Kier molecular flexibility index (Phi) is 4.10. The second-order valence-corrected chi connectivity index (χ2v) is 10.3. The molecule has 0 bridgehead atoms. The van der Waals surface area contributed by atoms with Crippen LogP contribution in [-0.2, 0) is 19.4 Å². The zero-order valence-electron chi connectivity index (χ0n) is 14.4. The fourth-order valence-corrected chi connectivity index (χ4v) is 7.76. The number of fused-ring (bicyclic) bond motifs is 2. The monoisotopic (exact) mass is 410 g/mol. The number of sulfone groups is 1. The fraction of sp³-hybridized carbons (Fsp3) is 0.529. The number of amidine groups is 1. The molecule has 1 amide bonds. The standard InChI is InChI=1S/C17H18N2O6S2/c20-16(13-2-1-5-23-13)18-17-19(11-7-27(21,22)8-15(11)26-17)10-3-4-12-14(6-10)25-9-24-12/h3-4,6,11,13,15H,1-2,5,7-9H2/t11-,13+,15+/m0/s1. The van der Waals surface area contributed by atoms with Crippen LogP contribution in [0.1, 0.15) is 12.8 Å². The number of carbonyl (C=O) groups excluding carboxylic acids is 1. The number of rotatable bonds is 2. The van der Waals surface area contributed by atoms with E-state index in [1.165, 1.54) is 11.8 Å². The lowest BCUT2D eigenvalue weighted by molar-refractivity contribution is -0.126. The molecule has 4 aliphatic heterocycles. The van der Waals surface area contributed by atoms with Gasteiger partial charge in [-0.1, -0.05) is 11.8 Å². The van der Waals surface area contributed by atoms with E-state index >= 15 is 0 Å². The van der Waals surface area contributed by atoms with E-state index in [0.29, 0.717) is 29.7 Å². The van der Waals surface area contributed by atoms with Crippen LogP contribution in [0.4, 0.5) is 5.69 Å². The van der Waals surface area contributed by atoms with Gasteiger partial charge in [0.25, 0.3) is 5.91 Å². The van der Waals surface area contributed by atoms with E-state index in [-0.39, 0.29) is 35.5 Å². The van der Waals surface area contributed by atoms with Gasteiger partial charge in [-0.15, -0.1) is 0 Å². The van der Waals surface area contributed by atoms with E-state index in [4.69, 9.17) is 14.2 Å². The molecule has 3 atom stereocenters. The summed E-state index contributed by atoms with van der Waals surface area (Å²) in [5.74, 6) is 1.09. The van der Waals surface area contributed by atoms with Crippen molar-refractivity contribution in [1.29, 1.82) is 0 Å². The van der Waals surface area contributed by atoms with Crippen molar-refractivity contribution in [2.45, 2.75) is 30.2 Å². The van der Waals surface area contributed by atoms with Crippen LogP contribution < -0.4 is 14.4 Å². The van der Waals surface area contributed by atoms with Crippen LogP contribution in [0.3, 0.4) is 0 Å². The molecular weight excluding hydrogens is 392 g/mol. The second kappa shape index (κ2) is 6.39. The SMILES string of the molecule is O=C(N=C1S[C@@H]2CS(=O)(=O)C[C@@H]2N1c1ccc2c(c1)OCO2)[C@H]1CCCO1. The Morgan fingerprint density at radius 3 is 2.89 bits per heavy atom. The van der Waals surface area contributed by atoms with Crippen molar-refractivity contribution in [3.63, 3.8) is 0 Å². The summed E-state index contributed by atoms with van der Waals surface area (Å²) in [4.78, 5) is 18.7. The lowest BCUT2D eigenvalue weighted by atomic mass is 10.2. The Balaban J connectivity index is 1.51. The Morgan fingerprint density at radius 1 is 1.22 bits per heavy atom. The van der Waals surface area contributed by atoms with Gasteiger partial charge in [0.1, 0.15) is 6.10 Å². The van der Waals surface area contributed by atoms with Gasteiger partial charge in [-0.2, -0.15) is 4.99 Å². The van der Waals surface area contributed by atoms with E-state index in [1.54, 1.807) is 6.07 Å². The van der Waals surface area contributed by atoms with Crippen LogP contribution in [-0.4, -0.2) is 61.8 Å². The first-order valence-electron chi connectivity index (χ1n) is 8.80. The number of hydrogen-bond acceptors (Lipinski definition) is 7. The van der Waals surface area contributed by atoms with Gasteiger partial charge in [0, 0.05) is 23.6 Å². The van der Waals surface area contributed by atoms with Gasteiger partial charge in [0.15, 0.2) is 26.5 Å². The highest BCUT2D eigenvalue weighted by molar-refractivity contribution is 8.16. The summed E-state index contributed by atoms with van der Waals surface area (Å²) in [5, 5.41) is 0.385. The Bertz CT molecular complexity index is 925. The molecule has 1 aromatic rings. The maximum atomic E-state index is 12.5. The molecule has 0 saturated carbocycles. The molecule has 0 aromatic heterocycles. The summed E-state index contributed by atoms with van der Waals surface area (Å²) >= 11 is 1.36. The lowest BCUT2D eigenvalue weighted by Gasteiger charge is -2.24. The molecule has 5 rings (SSSR count). The molecule has 4 heterocycles. The van der Waals surface area contributed by atoms with Crippen molar-refractivity contribution in [2.75, 3.05) is 29.8 Å². The molecule has 0 unspecified atom stereocenters. The molecule has 3 fully saturated rings. The van der Waals surface area contributed by atoms with Gasteiger partial charge in [0.2, 0.25) is 6.79 Å². The molecule has 3 saturated heterocycles. The Morgan fingerprint density at radius 2 is 2.07 bits per heavy atom. The van der Waals surface area contributed by atoms with E-state index in [1.807, 2.05) is 17.0 Å². The van der Waals surface area contributed by atoms with Crippen molar-refractivity contribution < 1.29 is 27.4 Å². The van der Waals surface area contributed by atoms with Crippen LogP contribution in [0.25, 0.3) is 0 Å². The van der Waals surface area contributed by atoms with Crippen molar-refractivity contribution >= 4 is 38.4 Å². The van der Waals surface area contributed by atoms with Crippen LogP contribution in [0.15, 0.2) is 23.2 Å². The number of benzene rings is 1. The van der Waals surface area contributed by atoms with Gasteiger partial charge in [-0.05, 0) is 25.0 Å². The first-order valence-corrected chi connectivity index (χ1v) is 11.5. The number of ether oxygens (including phenoxy) is 3. The molecule has 0 N–H and O–H groups in total. The van der Waals surface area contributed by atoms with Crippen LogP contribution >= 0.6 is 11.8 Å². The quantitative estimate of drug-likeness (QED) is 0.718. The summed E-state index contributed by atoms with van der Waals surface area (Å²) < 4.78 is 40.5. The number of anilines is 1. The largest absolute Gasteiger partial charge is 0.454 e. The molecule has 10 heteroatoms. The maximum Gasteiger partial charge on any atom is 0.277 e. The highest BCUT2D eigenvalue weighted by atomic mass is 32.2. The van der Waals surface area contributed by atoms with Crippen molar-refractivity contribution in [3.05, 3.63) is 18.2 Å². The zero-order chi connectivity index (χ0) is 18.6. The van der Waals surface area contributed by atoms with Gasteiger partial charge >= 0.3 is 0 Å². The molecule has 1 aromatic carbocycles. The topological polar surface area (TPSA) is 94.5 Å². The minimum Gasteiger partial charge on any atom is -0.454 e. The smallest absolute Gasteiger partial charge is 0.277 e. The third-order valence-corrected chi connectivity index (χ3v) is 8.32. The minimum atomic E-state index is -3.11. The molecule has 0 aliphatic carbocycles. The summed E-state index contributed by atoms with van der Waals surface area (Å²) in [5.41, 5.74) is 0.746. The van der Waals surface area contributed by atoms with E-state index in [2.05, 4.69) is 4.99 Å². The summed E-state index contributed by atoms with van der Waals surface area (Å²) in [6.07, 6.45) is 1.02. The lowest BCUT2D eigenvalue weighted by Crippen LogP contribution is -2.38. The summed E-state index contributed by atoms with van der Waals surface area (Å²) in [6.45, 7) is 0.732. The van der Waals surface area contributed by atoms with Crippen molar-refractivity contribution in [3.8, 4) is 11.5 Å². The number of nitrogens with zero attached hydrogens (tertiary/aromatic N) is 2. The average molecular weight is 410 g/mol. The van der Waals surface area contributed by atoms with Crippen molar-refractivity contribution in [1.82, 2.24) is 0 Å². The molecular formula is C17H18N2O6S2. The minimum absolute atomic E-state index is 0.0479. The van der Waals surface area contributed by atoms with E-state index in [9.17, 15) is 13.2 Å². The molecule has 27 heavy (non-hydrogen) atoms. The zero-order valence-corrected chi connectivity index (χ0v) is 16.0. The van der Waals surface area contributed by atoms with Crippen molar-refractivity contribution in [2.24, 2.45) is 4.99 Å². The number of thioether (sulfide) groups is 1. The highest BCUT2D eigenvalue weighted by Crippen LogP contribution is 2.44. The average Bonchev–Trinajstić information content (AvgIpc) is 3.36. The molecule has 144 valence electrons. The molecule has 0 spiro atoms. The molecule has 8 nitrogen and oxygen atoms in total. The van der Waals surface area contributed by atoms with Gasteiger partial charge in [-0.25, -0.2) is 8.42 Å². The number of carbonyl (C=O) groups is 1. The summed E-state index contributed by atoms with van der Waals surface area (Å²) in [7, 11) is -3.11. The first kappa shape index (κ1) is 17.3. The fourth-order valence-electron chi connectivity index (χ4n) is 3.84. The first-order chi connectivity index (χ1) is 13.0. The van der Waals surface area contributed by atoms with Crippen LogP contribution in [0, 0.1) is 0 Å². The predicted octanol–water partition coefficient (Wildman–Crippen LogP) is 1.20. The normalized spacial score (nSPS) is 32.2. The number of amides is 1. The Labute approximate surface area is 160 Å². The van der Waals surface area contributed by atoms with Gasteiger partial charge in [-0.3, -0.25) is 4.79 Å². The third-order valence-electron chi connectivity index (χ3n) is 5.11. The third kappa shape index (κ3) is 3.09. The maximum absolute atomic E-state index is 12.5. The Hall–Kier alpha value is -1.78.